The lowest BCUT2D eigenvalue weighted by atomic mass is 10.1. The van der Waals surface area contributed by atoms with Crippen molar-refractivity contribution in [1.82, 2.24) is 20.2 Å². The number of pyridine rings is 2. The number of rotatable bonds is 8. The first-order chi connectivity index (χ1) is 14.0. The molecule has 0 saturated heterocycles. The second-order valence-electron chi connectivity index (χ2n) is 6.86. The number of aromatic nitrogens is 2. The molecule has 0 fully saturated rings. The van der Waals surface area contributed by atoms with E-state index >= 15 is 0 Å². The van der Waals surface area contributed by atoms with Gasteiger partial charge in [0.2, 0.25) is 0 Å². The molecule has 29 heavy (non-hydrogen) atoms. The number of carbonyl (C=O) groups is 1. The number of H-pyrrole nitrogens is 1. The summed E-state index contributed by atoms with van der Waals surface area (Å²) < 4.78 is 0. The number of hydrogen-bond donors (Lipinski definition) is 3. The number of carbonyl (C=O) groups excluding carboxylic acids is 1. The number of nitrogens with zero attached hydrogens (tertiary/aromatic N) is 2. The van der Waals surface area contributed by atoms with Crippen LogP contribution < -0.4 is 10.9 Å². The van der Waals surface area contributed by atoms with E-state index < -0.39 is 17.2 Å². The van der Waals surface area contributed by atoms with E-state index in [9.17, 15) is 14.7 Å². The SMILES string of the molecule is CCN(CC)CCNC(=O)c1c(O)c2ncc(Cc3ccccc3)cc2[nH]c1=O. The molecule has 7 nitrogen and oxygen atoms in total. The van der Waals surface area contributed by atoms with Gasteiger partial charge in [-0.1, -0.05) is 44.2 Å². The maximum Gasteiger partial charge on any atom is 0.265 e. The molecule has 2 heterocycles. The molecule has 3 N–H and O–H groups in total. The molecular formula is C22H26N4O3. The summed E-state index contributed by atoms with van der Waals surface area (Å²) in [6, 6.07) is 11.7. The van der Waals surface area contributed by atoms with Gasteiger partial charge in [-0.2, -0.15) is 0 Å². The van der Waals surface area contributed by atoms with Crippen LogP contribution in [0.1, 0.15) is 35.3 Å². The second kappa shape index (κ2) is 9.34. The van der Waals surface area contributed by atoms with Crippen LogP contribution in [0.3, 0.4) is 0 Å². The summed E-state index contributed by atoms with van der Waals surface area (Å²) in [5.74, 6) is -0.997. The summed E-state index contributed by atoms with van der Waals surface area (Å²) in [6.07, 6.45) is 2.30. The van der Waals surface area contributed by atoms with Crippen LogP contribution in [0.2, 0.25) is 0 Å². The number of aromatic amines is 1. The second-order valence-corrected chi connectivity index (χ2v) is 6.86. The van der Waals surface area contributed by atoms with Gasteiger partial charge < -0.3 is 20.3 Å². The minimum atomic E-state index is -0.631. The number of hydrogen-bond acceptors (Lipinski definition) is 5. The third-order valence-electron chi connectivity index (χ3n) is 4.97. The Balaban J connectivity index is 1.82. The number of aromatic hydroxyl groups is 1. The third kappa shape index (κ3) is 4.81. The van der Waals surface area contributed by atoms with E-state index in [1.165, 1.54) is 0 Å². The molecule has 0 aliphatic carbocycles. The van der Waals surface area contributed by atoms with Crippen molar-refractivity contribution in [2.24, 2.45) is 0 Å². The van der Waals surface area contributed by atoms with Crippen molar-refractivity contribution in [1.29, 1.82) is 0 Å². The van der Waals surface area contributed by atoms with Crippen LogP contribution in [0.15, 0.2) is 47.4 Å². The monoisotopic (exact) mass is 394 g/mol. The number of benzene rings is 1. The summed E-state index contributed by atoms with van der Waals surface area (Å²) in [5, 5.41) is 13.2. The van der Waals surface area contributed by atoms with Gasteiger partial charge in [0.25, 0.3) is 11.5 Å². The Hall–Kier alpha value is -3.19. The Labute approximate surface area is 169 Å². The number of likely N-dealkylation sites (N-methyl/N-ethyl adjacent to an activating group) is 1. The molecule has 0 atom stereocenters. The molecule has 0 aliphatic heterocycles. The average molecular weight is 394 g/mol. The van der Waals surface area contributed by atoms with Gasteiger partial charge in [-0.25, -0.2) is 0 Å². The summed E-state index contributed by atoms with van der Waals surface area (Å²) in [7, 11) is 0. The fraction of sp³-hybridized carbons (Fsp3) is 0.318. The van der Waals surface area contributed by atoms with E-state index in [4.69, 9.17) is 0 Å². The van der Waals surface area contributed by atoms with Crippen LogP contribution in [0.25, 0.3) is 11.0 Å². The Morgan fingerprint density at radius 3 is 2.59 bits per heavy atom. The van der Waals surface area contributed by atoms with Crippen LogP contribution in [-0.4, -0.2) is 52.1 Å². The fourth-order valence-corrected chi connectivity index (χ4v) is 3.30. The Morgan fingerprint density at radius 2 is 1.90 bits per heavy atom. The largest absolute Gasteiger partial charge is 0.505 e. The number of nitrogens with one attached hydrogen (secondary N) is 2. The highest BCUT2D eigenvalue weighted by Gasteiger charge is 2.20. The molecule has 1 amide bonds. The van der Waals surface area contributed by atoms with E-state index in [0.29, 0.717) is 25.0 Å². The van der Waals surface area contributed by atoms with E-state index in [1.807, 2.05) is 44.2 Å². The zero-order valence-electron chi connectivity index (χ0n) is 16.7. The van der Waals surface area contributed by atoms with Gasteiger partial charge >= 0.3 is 0 Å². The number of fused-ring (bicyclic) bond motifs is 1. The Morgan fingerprint density at radius 1 is 1.17 bits per heavy atom. The molecule has 0 unspecified atom stereocenters. The van der Waals surface area contributed by atoms with E-state index in [0.717, 1.165) is 24.2 Å². The van der Waals surface area contributed by atoms with Crippen molar-refractivity contribution in [3.63, 3.8) is 0 Å². The lowest BCUT2D eigenvalue weighted by Gasteiger charge is -2.18. The van der Waals surface area contributed by atoms with Gasteiger partial charge in [0.1, 0.15) is 11.1 Å². The molecule has 0 radical (unpaired) electrons. The van der Waals surface area contributed by atoms with Crippen molar-refractivity contribution in [3.05, 3.63) is 69.6 Å². The minimum Gasteiger partial charge on any atom is -0.505 e. The fourth-order valence-electron chi connectivity index (χ4n) is 3.30. The first kappa shape index (κ1) is 20.5. The van der Waals surface area contributed by atoms with Crippen LogP contribution in [-0.2, 0) is 6.42 Å². The quantitative estimate of drug-likeness (QED) is 0.545. The van der Waals surface area contributed by atoms with Crippen LogP contribution in [0.4, 0.5) is 0 Å². The first-order valence-corrected chi connectivity index (χ1v) is 9.81. The summed E-state index contributed by atoms with van der Waals surface area (Å²) in [5.41, 5.74) is 1.69. The van der Waals surface area contributed by atoms with Gasteiger partial charge in [-0.05, 0) is 36.7 Å². The molecular weight excluding hydrogens is 368 g/mol. The van der Waals surface area contributed by atoms with Gasteiger partial charge in [-0.3, -0.25) is 14.6 Å². The highest BCUT2D eigenvalue weighted by Crippen LogP contribution is 2.24. The Bertz CT molecular complexity index is 1040. The van der Waals surface area contributed by atoms with Crippen molar-refractivity contribution < 1.29 is 9.90 Å². The van der Waals surface area contributed by atoms with Gasteiger partial charge in [0, 0.05) is 19.3 Å². The molecule has 0 bridgehead atoms. The molecule has 0 saturated carbocycles. The average Bonchev–Trinajstić information content (AvgIpc) is 2.72. The van der Waals surface area contributed by atoms with E-state index in [2.05, 4.69) is 20.2 Å². The maximum atomic E-state index is 12.5. The highest BCUT2D eigenvalue weighted by atomic mass is 16.3. The van der Waals surface area contributed by atoms with Crippen molar-refractivity contribution in [2.45, 2.75) is 20.3 Å². The maximum absolute atomic E-state index is 12.5. The standard InChI is InChI=1S/C22H26N4O3/c1-3-26(4-2)11-10-23-21(28)18-20(27)19-17(25-22(18)29)13-16(14-24-19)12-15-8-6-5-7-9-15/h5-9,13-14H,3-4,10-12H2,1-2H3,(H,23,28)(H2,25,27,29). The first-order valence-electron chi connectivity index (χ1n) is 9.81. The summed E-state index contributed by atoms with van der Waals surface area (Å²) in [6.45, 7) is 6.91. The predicted molar refractivity (Wildman–Crippen MR) is 113 cm³/mol. The van der Waals surface area contributed by atoms with Gasteiger partial charge in [0.15, 0.2) is 5.75 Å². The molecule has 3 rings (SSSR count). The molecule has 3 aromatic rings. The van der Waals surface area contributed by atoms with Gasteiger partial charge in [0.05, 0.1) is 5.52 Å². The topological polar surface area (TPSA) is 98.3 Å². The van der Waals surface area contributed by atoms with Crippen LogP contribution >= 0.6 is 0 Å². The highest BCUT2D eigenvalue weighted by molar-refractivity contribution is 6.01. The predicted octanol–water partition coefficient (Wildman–Crippen LogP) is 2.29. The number of amides is 1. The van der Waals surface area contributed by atoms with Crippen molar-refractivity contribution in [3.8, 4) is 5.75 Å². The molecule has 0 spiro atoms. The van der Waals surface area contributed by atoms with Gasteiger partial charge in [-0.15, -0.1) is 0 Å². The lowest BCUT2D eigenvalue weighted by molar-refractivity contribution is 0.0945. The molecule has 0 aliphatic rings. The summed E-state index contributed by atoms with van der Waals surface area (Å²) in [4.78, 5) is 34.0. The van der Waals surface area contributed by atoms with E-state index in [1.54, 1.807) is 12.3 Å². The zero-order chi connectivity index (χ0) is 20.8. The summed E-state index contributed by atoms with van der Waals surface area (Å²) >= 11 is 0. The van der Waals surface area contributed by atoms with Crippen molar-refractivity contribution >= 4 is 16.9 Å². The zero-order valence-corrected chi connectivity index (χ0v) is 16.7. The van der Waals surface area contributed by atoms with E-state index in [-0.39, 0.29) is 11.1 Å². The minimum absolute atomic E-state index is 0.204. The molecule has 2 aromatic heterocycles. The third-order valence-corrected chi connectivity index (χ3v) is 4.97. The van der Waals surface area contributed by atoms with Crippen molar-refractivity contribution in [2.75, 3.05) is 26.2 Å². The lowest BCUT2D eigenvalue weighted by Crippen LogP contribution is -2.36. The molecule has 1 aromatic carbocycles. The van der Waals surface area contributed by atoms with Crippen LogP contribution in [0.5, 0.6) is 5.75 Å². The Kier molecular flexibility index (Phi) is 6.61. The molecule has 152 valence electrons. The smallest absolute Gasteiger partial charge is 0.265 e. The normalized spacial score (nSPS) is 11.1. The molecule has 7 heteroatoms. The van der Waals surface area contributed by atoms with Crippen LogP contribution in [0, 0.1) is 0 Å².